The van der Waals surface area contributed by atoms with Crippen molar-refractivity contribution in [3.63, 3.8) is 0 Å². The lowest BCUT2D eigenvalue weighted by Crippen LogP contribution is -2.24. The van der Waals surface area contributed by atoms with Gasteiger partial charge in [-0.25, -0.2) is 0 Å². The highest BCUT2D eigenvalue weighted by atomic mass is 32.2. The molecule has 0 bridgehead atoms. The zero-order valence-corrected chi connectivity index (χ0v) is 16.3. The van der Waals surface area contributed by atoms with E-state index in [0.717, 1.165) is 22.8 Å². The third-order valence-corrected chi connectivity index (χ3v) is 5.16. The third kappa shape index (κ3) is 5.50. The van der Waals surface area contributed by atoms with Crippen molar-refractivity contribution in [1.82, 2.24) is 4.90 Å². The van der Waals surface area contributed by atoms with Gasteiger partial charge >= 0.3 is 0 Å². The first-order valence-electron chi connectivity index (χ1n) is 8.98. The topological polar surface area (TPSA) is 55.8 Å². The van der Waals surface area contributed by atoms with Crippen LogP contribution in [-0.4, -0.2) is 34.3 Å². The molecule has 1 heterocycles. The number of nitrogens with zero attached hydrogens (tertiary/aromatic N) is 1. The van der Waals surface area contributed by atoms with E-state index < -0.39 is 0 Å². The Balaban J connectivity index is 1.55. The van der Waals surface area contributed by atoms with Gasteiger partial charge in [-0.2, -0.15) is 0 Å². The summed E-state index contributed by atoms with van der Waals surface area (Å²) >= 11 is 1.26. The summed E-state index contributed by atoms with van der Waals surface area (Å²) in [5.41, 5.74) is 1.04. The van der Waals surface area contributed by atoms with Crippen LogP contribution in [0.4, 0.5) is 0 Å². The first kappa shape index (κ1) is 19.3. The number of thioether (sulfide) groups is 1. The first-order valence-corrected chi connectivity index (χ1v) is 9.86. The number of likely N-dealkylation sites (tertiary alicyclic amines) is 1. The van der Waals surface area contributed by atoms with Crippen LogP contribution in [0, 0.1) is 0 Å². The van der Waals surface area contributed by atoms with Crippen LogP contribution < -0.4 is 9.47 Å². The van der Waals surface area contributed by atoms with E-state index in [4.69, 9.17) is 9.47 Å². The highest BCUT2D eigenvalue weighted by Crippen LogP contribution is 2.27. The monoisotopic (exact) mass is 385 g/mol. The molecule has 5 nitrogen and oxygen atoms in total. The van der Waals surface area contributed by atoms with Crippen LogP contribution in [0.5, 0.6) is 17.2 Å². The molecule has 0 aliphatic carbocycles. The molecule has 1 unspecified atom stereocenters. The molecule has 142 valence electrons. The van der Waals surface area contributed by atoms with Gasteiger partial charge in [0.2, 0.25) is 5.91 Å². The van der Waals surface area contributed by atoms with Crippen molar-refractivity contribution in [2.24, 2.45) is 0 Å². The third-order valence-electron chi connectivity index (χ3n) is 4.18. The van der Waals surface area contributed by atoms with Crippen LogP contribution in [0.15, 0.2) is 48.5 Å². The van der Waals surface area contributed by atoms with Crippen molar-refractivity contribution < 1.29 is 19.1 Å². The van der Waals surface area contributed by atoms with Gasteiger partial charge in [0, 0.05) is 31.7 Å². The Morgan fingerprint density at radius 1 is 1.07 bits per heavy atom. The minimum Gasteiger partial charge on any atom is -0.494 e. The molecule has 1 amide bonds. The van der Waals surface area contributed by atoms with E-state index in [1.54, 1.807) is 6.92 Å². The molecule has 1 saturated heterocycles. The molecule has 1 aliphatic heterocycles. The molecule has 1 atom stereocenters. The second-order valence-electron chi connectivity index (χ2n) is 6.36. The molecule has 27 heavy (non-hydrogen) atoms. The van der Waals surface area contributed by atoms with Crippen LogP contribution in [0.1, 0.15) is 25.8 Å². The molecule has 1 fully saturated rings. The molecular formula is C21H23NO4S. The fraction of sp³-hybridized carbons (Fsp3) is 0.333. The number of benzene rings is 2. The number of carbonyl (C=O) groups is 2. The van der Waals surface area contributed by atoms with Crippen molar-refractivity contribution in [3.05, 3.63) is 54.1 Å². The maximum atomic E-state index is 12.1. The fourth-order valence-corrected chi connectivity index (χ4v) is 3.94. The SMILES string of the molecule is CCOc1ccc(Oc2ccc(CN3CC(SC(C)=O)CC3=O)cc2)cc1. The second-order valence-corrected chi connectivity index (χ2v) is 7.84. The Hall–Kier alpha value is -2.47. The average molecular weight is 385 g/mol. The van der Waals surface area contributed by atoms with Gasteiger partial charge in [-0.3, -0.25) is 9.59 Å². The molecule has 0 saturated carbocycles. The summed E-state index contributed by atoms with van der Waals surface area (Å²) in [6.45, 7) is 5.30. The summed E-state index contributed by atoms with van der Waals surface area (Å²) in [5, 5.41) is 0.128. The summed E-state index contributed by atoms with van der Waals surface area (Å²) in [5.74, 6) is 2.39. The molecule has 2 aromatic rings. The summed E-state index contributed by atoms with van der Waals surface area (Å²) in [7, 11) is 0. The largest absolute Gasteiger partial charge is 0.494 e. The lowest BCUT2D eigenvalue weighted by atomic mass is 10.2. The van der Waals surface area contributed by atoms with E-state index in [1.807, 2.05) is 60.4 Å². The number of carbonyl (C=O) groups excluding carboxylic acids is 2. The predicted molar refractivity (Wildman–Crippen MR) is 106 cm³/mol. The van der Waals surface area contributed by atoms with Crippen molar-refractivity contribution in [3.8, 4) is 17.2 Å². The summed E-state index contributed by atoms with van der Waals surface area (Å²) in [4.78, 5) is 25.1. The zero-order valence-electron chi connectivity index (χ0n) is 15.5. The maximum Gasteiger partial charge on any atom is 0.224 e. The number of hydrogen-bond donors (Lipinski definition) is 0. The lowest BCUT2D eigenvalue weighted by Gasteiger charge is -2.16. The van der Waals surface area contributed by atoms with Gasteiger partial charge in [0.05, 0.1) is 6.61 Å². The Kier molecular flexibility index (Phi) is 6.40. The van der Waals surface area contributed by atoms with E-state index in [-0.39, 0.29) is 16.3 Å². The molecular weight excluding hydrogens is 362 g/mol. The van der Waals surface area contributed by atoms with Gasteiger partial charge in [0.1, 0.15) is 17.2 Å². The number of rotatable bonds is 7. The van der Waals surface area contributed by atoms with E-state index in [2.05, 4.69) is 0 Å². The van der Waals surface area contributed by atoms with Crippen LogP contribution in [0.3, 0.4) is 0 Å². The van der Waals surface area contributed by atoms with Gasteiger partial charge in [-0.05, 0) is 48.9 Å². The molecule has 2 aromatic carbocycles. The molecule has 6 heteroatoms. The van der Waals surface area contributed by atoms with Crippen LogP contribution in [0.25, 0.3) is 0 Å². The highest BCUT2D eigenvalue weighted by Gasteiger charge is 2.30. The Morgan fingerprint density at radius 3 is 2.26 bits per heavy atom. The maximum absolute atomic E-state index is 12.1. The number of amides is 1. The van der Waals surface area contributed by atoms with Gasteiger partial charge in [0.25, 0.3) is 0 Å². The van der Waals surface area contributed by atoms with E-state index in [9.17, 15) is 9.59 Å². The van der Waals surface area contributed by atoms with E-state index in [1.165, 1.54) is 11.8 Å². The molecule has 0 N–H and O–H groups in total. The Bertz CT molecular complexity index is 789. The minimum atomic E-state index is 0.0606. The first-order chi connectivity index (χ1) is 13.0. The lowest BCUT2D eigenvalue weighted by molar-refractivity contribution is -0.128. The predicted octanol–water partition coefficient (Wildman–Crippen LogP) is 4.26. The summed E-state index contributed by atoms with van der Waals surface area (Å²) < 4.78 is 11.3. The van der Waals surface area contributed by atoms with E-state index >= 15 is 0 Å². The van der Waals surface area contributed by atoms with Crippen LogP contribution in [-0.2, 0) is 16.1 Å². The second kappa shape index (κ2) is 8.95. The smallest absolute Gasteiger partial charge is 0.224 e. The standard InChI is InChI=1S/C21H23NO4S/c1-3-25-17-8-10-19(11-9-17)26-18-6-4-16(5-7-18)13-22-14-20(12-21(22)24)27-15(2)23/h4-11,20H,3,12-14H2,1-2H3. The Labute approximate surface area is 163 Å². The van der Waals surface area contributed by atoms with Crippen molar-refractivity contribution in [2.45, 2.75) is 32.1 Å². The minimum absolute atomic E-state index is 0.0606. The van der Waals surface area contributed by atoms with Crippen molar-refractivity contribution in [2.75, 3.05) is 13.2 Å². The van der Waals surface area contributed by atoms with Gasteiger partial charge in [-0.1, -0.05) is 23.9 Å². The van der Waals surface area contributed by atoms with Crippen LogP contribution in [0.2, 0.25) is 0 Å². The molecule has 3 rings (SSSR count). The quantitative estimate of drug-likeness (QED) is 0.713. The summed E-state index contributed by atoms with van der Waals surface area (Å²) in [6.07, 6.45) is 0.434. The highest BCUT2D eigenvalue weighted by molar-refractivity contribution is 8.14. The van der Waals surface area contributed by atoms with Crippen LogP contribution >= 0.6 is 11.8 Å². The van der Waals surface area contributed by atoms with E-state index in [0.29, 0.717) is 26.1 Å². The van der Waals surface area contributed by atoms with Gasteiger partial charge in [-0.15, -0.1) is 0 Å². The zero-order chi connectivity index (χ0) is 19.2. The van der Waals surface area contributed by atoms with Crippen molar-refractivity contribution >= 4 is 22.8 Å². The number of hydrogen-bond acceptors (Lipinski definition) is 5. The molecule has 0 spiro atoms. The van der Waals surface area contributed by atoms with Gasteiger partial charge in [0.15, 0.2) is 5.12 Å². The van der Waals surface area contributed by atoms with Gasteiger partial charge < -0.3 is 14.4 Å². The average Bonchev–Trinajstić information content (AvgIpc) is 2.97. The summed E-state index contributed by atoms with van der Waals surface area (Å²) in [6, 6.07) is 15.2. The fourth-order valence-electron chi connectivity index (χ4n) is 2.99. The van der Waals surface area contributed by atoms with Crippen molar-refractivity contribution in [1.29, 1.82) is 0 Å². The molecule has 0 aromatic heterocycles. The normalized spacial score (nSPS) is 16.4. The molecule has 1 aliphatic rings. The molecule has 0 radical (unpaired) electrons. The Morgan fingerprint density at radius 2 is 1.67 bits per heavy atom. The number of ether oxygens (including phenoxy) is 2.